The lowest BCUT2D eigenvalue weighted by atomic mass is 10.1. The number of likely N-dealkylation sites (tertiary alicyclic amines) is 1. The van der Waals surface area contributed by atoms with E-state index >= 15 is 0 Å². The van der Waals surface area contributed by atoms with Crippen molar-refractivity contribution in [1.29, 1.82) is 0 Å². The summed E-state index contributed by atoms with van der Waals surface area (Å²) in [6.45, 7) is 1.40. The average Bonchev–Trinajstić information content (AvgIpc) is 3.13. The number of fused-ring (bicyclic) bond motifs is 1. The molecule has 0 radical (unpaired) electrons. The van der Waals surface area contributed by atoms with Crippen molar-refractivity contribution in [2.75, 3.05) is 13.1 Å². The number of benzene rings is 2. The summed E-state index contributed by atoms with van der Waals surface area (Å²) in [5.41, 5.74) is 1.64. The van der Waals surface area contributed by atoms with Crippen LogP contribution in [-0.2, 0) is 11.2 Å². The number of carbonyl (C=O) groups excluding carboxylic acids is 1. The molecular formula is C22H23FN2O2S. The van der Waals surface area contributed by atoms with Crippen LogP contribution < -0.4 is 4.74 Å². The number of ether oxygens (including phenoxy) is 1. The van der Waals surface area contributed by atoms with Crippen molar-refractivity contribution in [2.24, 2.45) is 0 Å². The lowest BCUT2D eigenvalue weighted by Gasteiger charge is -2.31. The van der Waals surface area contributed by atoms with Gasteiger partial charge in [0.1, 0.15) is 17.4 Å². The standard InChI is InChI=1S/C22H23FN2O2S/c23-18-9-5-10-19-21(18)24-22(28-19)27-17-12-14-25(15-13-17)20(26)11-4-8-16-6-2-1-3-7-16/h1-3,5-7,9-10,17H,4,8,11-15H2. The number of piperidine rings is 1. The lowest BCUT2D eigenvalue weighted by Crippen LogP contribution is -2.41. The quantitative estimate of drug-likeness (QED) is 0.597. The van der Waals surface area contributed by atoms with Gasteiger partial charge in [-0.3, -0.25) is 4.79 Å². The van der Waals surface area contributed by atoms with Gasteiger partial charge < -0.3 is 9.64 Å². The van der Waals surface area contributed by atoms with Crippen LogP contribution >= 0.6 is 11.3 Å². The summed E-state index contributed by atoms with van der Waals surface area (Å²) >= 11 is 1.37. The molecule has 2 aromatic carbocycles. The zero-order chi connectivity index (χ0) is 19.3. The molecule has 1 amide bonds. The predicted octanol–water partition coefficient (Wildman–Crippen LogP) is 4.83. The van der Waals surface area contributed by atoms with E-state index in [0.717, 1.165) is 30.4 Å². The lowest BCUT2D eigenvalue weighted by molar-refractivity contribution is -0.133. The van der Waals surface area contributed by atoms with Gasteiger partial charge in [0.2, 0.25) is 5.91 Å². The van der Waals surface area contributed by atoms with Crippen LogP contribution in [0.1, 0.15) is 31.2 Å². The Morgan fingerprint density at radius 3 is 2.68 bits per heavy atom. The van der Waals surface area contributed by atoms with Crippen molar-refractivity contribution in [3.63, 3.8) is 0 Å². The second-order valence-corrected chi connectivity index (χ2v) is 8.10. The molecule has 2 heterocycles. The first-order valence-corrected chi connectivity index (χ1v) is 10.5. The molecule has 1 aromatic heterocycles. The molecule has 1 aliphatic rings. The van der Waals surface area contributed by atoms with Crippen LogP contribution in [0.15, 0.2) is 48.5 Å². The maximum Gasteiger partial charge on any atom is 0.274 e. The number of amides is 1. The number of para-hydroxylation sites is 1. The number of aryl methyl sites for hydroxylation is 1. The van der Waals surface area contributed by atoms with Crippen molar-refractivity contribution in [1.82, 2.24) is 9.88 Å². The minimum Gasteiger partial charge on any atom is -0.467 e. The Labute approximate surface area is 168 Å². The van der Waals surface area contributed by atoms with Gasteiger partial charge in [-0.05, 0) is 30.5 Å². The summed E-state index contributed by atoms with van der Waals surface area (Å²) in [5, 5.41) is 0.507. The minimum absolute atomic E-state index is 0.0250. The summed E-state index contributed by atoms with van der Waals surface area (Å²) in [4.78, 5) is 18.6. The van der Waals surface area contributed by atoms with E-state index in [1.807, 2.05) is 29.2 Å². The third-order valence-electron chi connectivity index (χ3n) is 5.11. The van der Waals surface area contributed by atoms with Gasteiger partial charge >= 0.3 is 0 Å². The summed E-state index contributed by atoms with van der Waals surface area (Å²) in [7, 11) is 0. The molecule has 4 nitrogen and oxygen atoms in total. The van der Waals surface area contributed by atoms with E-state index < -0.39 is 0 Å². The molecule has 0 bridgehead atoms. The van der Waals surface area contributed by atoms with E-state index in [2.05, 4.69) is 17.1 Å². The maximum atomic E-state index is 13.8. The monoisotopic (exact) mass is 398 g/mol. The smallest absolute Gasteiger partial charge is 0.274 e. The van der Waals surface area contributed by atoms with Crippen molar-refractivity contribution in [3.05, 3.63) is 59.9 Å². The Bertz CT molecular complexity index is 936. The normalized spacial score (nSPS) is 15.1. The van der Waals surface area contributed by atoms with Gasteiger partial charge in [-0.25, -0.2) is 4.39 Å². The minimum atomic E-state index is -0.320. The molecule has 146 valence electrons. The third kappa shape index (κ3) is 4.50. The fraction of sp³-hybridized carbons (Fsp3) is 0.364. The van der Waals surface area contributed by atoms with Crippen molar-refractivity contribution >= 4 is 27.5 Å². The van der Waals surface area contributed by atoms with Crippen LogP contribution in [0, 0.1) is 5.82 Å². The highest BCUT2D eigenvalue weighted by Gasteiger charge is 2.24. The van der Waals surface area contributed by atoms with E-state index in [-0.39, 0.29) is 17.8 Å². The number of thiazole rings is 1. The van der Waals surface area contributed by atoms with Crippen molar-refractivity contribution in [3.8, 4) is 5.19 Å². The molecule has 1 fully saturated rings. The number of hydrogen-bond acceptors (Lipinski definition) is 4. The molecule has 6 heteroatoms. The van der Waals surface area contributed by atoms with Crippen LogP contribution in [0.5, 0.6) is 5.19 Å². The van der Waals surface area contributed by atoms with Gasteiger partial charge in [0.25, 0.3) is 5.19 Å². The first-order valence-electron chi connectivity index (χ1n) is 9.72. The summed E-state index contributed by atoms with van der Waals surface area (Å²) in [5.74, 6) is -0.101. The molecule has 3 aromatic rings. The Balaban J connectivity index is 1.23. The first kappa shape index (κ1) is 18.9. The van der Waals surface area contributed by atoms with Crippen LogP contribution in [0.4, 0.5) is 4.39 Å². The van der Waals surface area contributed by atoms with E-state index in [4.69, 9.17) is 4.74 Å². The first-order chi connectivity index (χ1) is 13.7. The second-order valence-electron chi connectivity index (χ2n) is 7.10. The summed E-state index contributed by atoms with van der Waals surface area (Å²) in [6.07, 6.45) is 3.97. The van der Waals surface area contributed by atoms with Crippen LogP contribution in [0.25, 0.3) is 10.2 Å². The van der Waals surface area contributed by atoms with Crippen LogP contribution in [0.2, 0.25) is 0 Å². The number of rotatable bonds is 6. The SMILES string of the molecule is O=C(CCCc1ccccc1)N1CCC(Oc2nc3c(F)cccc3s2)CC1. The van der Waals surface area contributed by atoms with Gasteiger partial charge in [0.15, 0.2) is 0 Å². The van der Waals surface area contributed by atoms with E-state index in [9.17, 15) is 9.18 Å². The highest BCUT2D eigenvalue weighted by molar-refractivity contribution is 7.20. The molecule has 0 aliphatic carbocycles. The molecule has 0 spiro atoms. The van der Waals surface area contributed by atoms with Crippen LogP contribution in [-0.4, -0.2) is 35.0 Å². The van der Waals surface area contributed by atoms with Gasteiger partial charge in [-0.1, -0.05) is 47.7 Å². The third-order valence-corrected chi connectivity index (χ3v) is 6.02. The molecule has 0 saturated carbocycles. The molecule has 1 saturated heterocycles. The van der Waals surface area contributed by atoms with Crippen molar-refractivity contribution in [2.45, 2.75) is 38.2 Å². The Kier molecular flexibility index (Phi) is 5.86. The Morgan fingerprint density at radius 2 is 1.93 bits per heavy atom. The van der Waals surface area contributed by atoms with Gasteiger partial charge in [0, 0.05) is 32.4 Å². The van der Waals surface area contributed by atoms with E-state index in [1.54, 1.807) is 6.07 Å². The molecule has 1 aliphatic heterocycles. The number of nitrogens with zero attached hydrogens (tertiary/aromatic N) is 2. The zero-order valence-corrected chi connectivity index (χ0v) is 16.5. The highest BCUT2D eigenvalue weighted by Crippen LogP contribution is 2.31. The van der Waals surface area contributed by atoms with Crippen molar-refractivity contribution < 1.29 is 13.9 Å². The molecule has 0 N–H and O–H groups in total. The molecule has 0 unspecified atom stereocenters. The highest BCUT2D eigenvalue weighted by atomic mass is 32.1. The van der Waals surface area contributed by atoms with E-state index in [0.29, 0.717) is 30.2 Å². The average molecular weight is 399 g/mol. The Hall–Kier alpha value is -2.47. The number of hydrogen-bond donors (Lipinski definition) is 0. The number of carbonyl (C=O) groups is 1. The molecule has 28 heavy (non-hydrogen) atoms. The molecular weight excluding hydrogens is 375 g/mol. The van der Waals surface area contributed by atoms with Gasteiger partial charge in [-0.2, -0.15) is 4.98 Å². The van der Waals surface area contributed by atoms with Crippen LogP contribution in [0.3, 0.4) is 0 Å². The summed E-state index contributed by atoms with van der Waals surface area (Å²) in [6, 6.07) is 15.2. The van der Waals surface area contributed by atoms with Gasteiger partial charge in [0.05, 0.1) is 4.70 Å². The Morgan fingerprint density at radius 1 is 1.14 bits per heavy atom. The number of aromatic nitrogens is 1. The second kappa shape index (κ2) is 8.69. The number of halogens is 1. The fourth-order valence-electron chi connectivity index (χ4n) is 3.56. The summed E-state index contributed by atoms with van der Waals surface area (Å²) < 4.78 is 20.5. The fourth-order valence-corrected chi connectivity index (χ4v) is 4.45. The van der Waals surface area contributed by atoms with Gasteiger partial charge in [-0.15, -0.1) is 0 Å². The molecule has 0 atom stereocenters. The predicted molar refractivity (Wildman–Crippen MR) is 109 cm³/mol. The topological polar surface area (TPSA) is 42.4 Å². The largest absolute Gasteiger partial charge is 0.467 e. The maximum absolute atomic E-state index is 13.8. The van der Waals surface area contributed by atoms with E-state index in [1.165, 1.54) is 23.0 Å². The zero-order valence-electron chi connectivity index (χ0n) is 15.6. The molecule has 4 rings (SSSR count).